The molecule has 0 saturated carbocycles. The summed E-state index contributed by atoms with van der Waals surface area (Å²) in [6, 6.07) is 6.04. The number of hydrogen-bond donors (Lipinski definition) is 2. The Morgan fingerprint density at radius 2 is 2.11 bits per heavy atom. The molecule has 0 unspecified atom stereocenters. The van der Waals surface area contributed by atoms with Crippen LogP contribution in [-0.2, 0) is 11.2 Å². The Morgan fingerprint density at radius 1 is 1.37 bits per heavy atom. The van der Waals surface area contributed by atoms with Gasteiger partial charge in [0.25, 0.3) is 0 Å². The van der Waals surface area contributed by atoms with E-state index in [-0.39, 0.29) is 12.5 Å². The molecule has 1 aromatic rings. The maximum absolute atomic E-state index is 12.0. The molecule has 0 heterocycles. The van der Waals surface area contributed by atoms with E-state index in [0.717, 1.165) is 29.8 Å². The third-order valence-corrected chi connectivity index (χ3v) is 3.24. The molecule has 106 valence electrons. The molecule has 0 bridgehead atoms. The molecule has 1 aromatic carbocycles. The van der Waals surface area contributed by atoms with Gasteiger partial charge in [0.15, 0.2) is 0 Å². The zero-order valence-corrected chi connectivity index (χ0v) is 12.1. The Labute approximate surface area is 115 Å². The number of rotatable bonds is 7. The zero-order valence-electron chi connectivity index (χ0n) is 12.1. The van der Waals surface area contributed by atoms with Gasteiger partial charge in [-0.1, -0.05) is 32.0 Å². The standard InChI is InChI=1S/C15H24N2O2/c1-4-13-8-6-7-12(3)15(13)16-14(19)11-17(5-2)9-10-18/h6-8,18H,4-5,9-11H2,1-3H3,(H,16,19). The predicted molar refractivity (Wildman–Crippen MR) is 78.4 cm³/mol. The molecular formula is C15H24N2O2. The molecule has 19 heavy (non-hydrogen) atoms. The molecule has 0 spiro atoms. The van der Waals surface area contributed by atoms with Crippen LogP contribution in [0.5, 0.6) is 0 Å². The number of benzene rings is 1. The highest BCUT2D eigenvalue weighted by Crippen LogP contribution is 2.20. The fourth-order valence-corrected chi connectivity index (χ4v) is 2.07. The van der Waals surface area contributed by atoms with Gasteiger partial charge < -0.3 is 10.4 Å². The van der Waals surface area contributed by atoms with Crippen molar-refractivity contribution in [2.75, 3.05) is 31.6 Å². The molecule has 0 aliphatic rings. The van der Waals surface area contributed by atoms with Crippen molar-refractivity contribution in [2.24, 2.45) is 0 Å². The number of aliphatic hydroxyl groups is 1. The van der Waals surface area contributed by atoms with E-state index >= 15 is 0 Å². The van der Waals surface area contributed by atoms with E-state index in [1.807, 2.05) is 36.9 Å². The molecule has 0 saturated heterocycles. The van der Waals surface area contributed by atoms with Crippen molar-refractivity contribution in [3.8, 4) is 0 Å². The average Bonchev–Trinajstić information content (AvgIpc) is 2.40. The van der Waals surface area contributed by atoms with Crippen LogP contribution in [0, 0.1) is 6.92 Å². The van der Waals surface area contributed by atoms with E-state index in [1.165, 1.54) is 0 Å². The molecule has 4 nitrogen and oxygen atoms in total. The highest BCUT2D eigenvalue weighted by atomic mass is 16.3. The number of para-hydroxylation sites is 1. The van der Waals surface area contributed by atoms with Crippen molar-refractivity contribution in [1.29, 1.82) is 0 Å². The lowest BCUT2D eigenvalue weighted by Crippen LogP contribution is -2.35. The van der Waals surface area contributed by atoms with E-state index in [9.17, 15) is 4.79 Å². The van der Waals surface area contributed by atoms with Gasteiger partial charge in [0.1, 0.15) is 0 Å². The highest BCUT2D eigenvalue weighted by molar-refractivity contribution is 5.93. The van der Waals surface area contributed by atoms with Crippen molar-refractivity contribution in [3.63, 3.8) is 0 Å². The van der Waals surface area contributed by atoms with Gasteiger partial charge in [-0.05, 0) is 31.0 Å². The first-order valence-corrected chi connectivity index (χ1v) is 6.83. The van der Waals surface area contributed by atoms with Gasteiger partial charge in [0.2, 0.25) is 5.91 Å². The summed E-state index contributed by atoms with van der Waals surface area (Å²) in [4.78, 5) is 14.0. The summed E-state index contributed by atoms with van der Waals surface area (Å²) in [7, 11) is 0. The van der Waals surface area contributed by atoms with Crippen LogP contribution in [0.3, 0.4) is 0 Å². The summed E-state index contributed by atoms with van der Waals surface area (Å²) in [5, 5.41) is 11.9. The molecule has 0 aromatic heterocycles. The second-order valence-electron chi connectivity index (χ2n) is 4.60. The lowest BCUT2D eigenvalue weighted by molar-refractivity contribution is -0.117. The number of aliphatic hydroxyl groups excluding tert-OH is 1. The Kier molecular flexibility index (Phi) is 6.53. The first-order chi connectivity index (χ1) is 9.12. The Bertz CT molecular complexity index is 419. The van der Waals surface area contributed by atoms with Crippen molar-refractivity contribution in [2.45, 2.75) is 27.2 Å². The van der Waals surface area contributed by atoms with E-state index in [0.29, 0.717) is 13.1 Å². The van der Waals surface area contributed by atoms with Gasteiger partial charge in [-0.25, -0.2) is 0 Å². The lowest BCUT2D eigenvalue weighted by atomic mass is 10.1. The topological polar surface area (TPSA) is 52.6 Å². The zero-order chi connectivity index (χ0) is 14.3. The third kappa shape index (κ3) is 4.65. The van der Waals surface area contributed by atoms with Gasteiger partial charge in [-0.2, -0.15) is 0 Å². The van der Waals surface area contributed by atoms with Gasteiger partial charge in [-0.3, -0.25) is 9.69 Å². The first-order valence-electron chi connectivity index (χ1n) is 6.83. The fourth-order valence-electron chi connectivity index (χ4n) is 2.07. The minimum atomic E-state index is -0.0284. The quantitative estimate of drug-likeness (QED) is 0.789. The maximum atomic E-state index is 12.0. The smallest absolute Gasteiger partial charge is 0.238 e. The molecule has 1 amide bonds. The van der Waals surface area contributed by atoms with Crippen LogP contribution >= 0.6 is 0 Å². The molecule has 1 rings (SSSR count). The molecule has 0 fully saturated rings. The van der Waals surface area contributed by atoms with Gasteiger partial charge >= 0.3 is 0 Å². The Hall–Kier alpha value is -1.39. The number of hydrogen-bond acceptors (Lipinski definition) is 3. The van der Waals surface area contributed by atoms with Crippen LogP contribution in [0.25, 0.3) is 0 Å². The van der Waals surface area contributed by atoms with Crippen molar-refractivity contribution in [3.05, 3.63) is 29.3 Å². The van der Waals surface area contributed by atoms with Crippen molar-refractivity contribution in [1.82, 2.24) is 4.90 Å². The number of anilines is 1. The molecule has 4 heteroatoms. The van der Waals surface area contributed by atoms with Crippen LogP contribution < -0.4 is 5.32 Å². The minimum Gasteiger partial charge on any atom is -0.395 e. The van der Waals surface area contributed by atoms with Gasteiger partial charge in [0.05, 0.1) is 13.2 Å². The molecule has 0 radical (unpaired) electrons. The molecular weight excluding hydrogens is 240 g/mol. The van der Waals surface area contributed by atoms with Crippen LogP contribution in [-0.4, -0.2) is 42.2 Å². The largest absolute Gasteiger partial charge is 0.395 e. The van der Waals surface area contributed by atoms with Crippen LogP contribution in [0.15, 0.2) is 18.2 Å². The minimum absolute atomic E-state index is 0.0284. The second kappa shape index (κ2) is 7.92. The van der Waals surface area contributed by atoms with Crippen LogP contribution in [0.2, 0.25) is 0 Å². The number of carbonyl (C=O) groups excluding carboxylic acids is 1. The van der Waals surface area contributed by atoms with E-state index in [1.54, 1.807) is 0 Å². The maximum Gasteiger partial charge on any atom is 0.238 e. The summed E-state index contributed by atoms with van der Waals surface area (Å²) < 4.78 is 0. The molecule has 0 aliphatic heterocycles. The van der Waals surface area contributed by atoms with Crippen molar-refractivity contribution < 1.29 is 9.90 Å². The fraction of sp³-hybridized carbons (Fsp3) is 0.533. The first kappa shape index (κ1) is 15.7. The van der Waals surface area contributed by atoms with Gasteiger partial charge in [0, 0.05) is 12.2 Å². The van der Waals surface area contributed by atoms with E-state index in [4.69, 9.17) is 5.11 Å². The molecule has 0 aliphatic carbocycles. The summed E-state index contributed by atoms with van der Waals surface area (Å²) in [6.07, 6.45) is 0.894. The Balaban J connectivity index is 2.71. The van der Waals surface area contributed by atoms with Gasteiger partial charge in [-0.15, -0.1) is 0 Å². The number of nitrogens with one attached hydrogen (secondary N) is 1. The number of carbonyl (C=O) groups is 1. The van der Waals surface area contributed by atoms with Crippen LogP contribution in [0.1, 0.15) is 25.0 Å². The van der Waals surface area contributed by atoms with Crippen molar-refractivity contribution >= 4 is 11.6 Å². The third-order valence-electron chi connectivity index (χ3n) is 3.24. The summed E-state index contributed by atoms with van der Waals surface area (Å²) in [5.41, 5.74) is 3.16. The Morgan fingerprint density at radius 3 is 2.68 bits per heavy atom. The lowest BCUT2D eigenvalue weighted by Gasteiger charge is -2.19. The molecule has 0 atom stereocenters. The van der Waals surface area contributed by atoms with Crippen LogP contribution in [0.4, 0.5) is 5.69 Å². The SMILES string of the molecule is CCc1cccc(C)c1NC(=O)CN(CC)CCO. The number of nitrogens with zero attached hydrogens (tertiary/aromatic N) is 1. The average molecular weight is 264 g/mol. The number of likely N-dealkylation sites (N-methyl/N-ethyl adjacent to an activating group) is 1. The predicted octanol–water partition coefficient (Wildman–Crippen LogP) is 1.81. The normalized spacial score (nSPS) is 10.8. The van der Waals surface area contributed by atoms with E-state index < -0.39 is 0 Å². The highest BCUT2D eigenvalue weighted by Gasteiger charge is 2.11. The second-order valence-corrected chi connectivity index (χ2v) is 4.60. The summed E-state index contributed by atoms with van der Waals surface area (Å²) in [5.74, 6) is -0.0284. The monoisotopic (exact) mass is 264 g/mol. The molecule has 2 N–H and O–H groups in total. The number of amides is 1. The summed E-state index contributed by atoms with van der Waals surface area (Å²) in [6.45, 7) is 7.73. The van der Waals surface area contributed by atoms with E-state index in [2.05, 4.69) is 12.2 Å². The number of aryl methyl sites for hydroxylation is 2. The summed E-state index contributed by atoms with van der Waals surface area (Å²) >= 11 is 0.